The summed E-state index contributed by atoms with van der Waals surface area (Å²) < 4.78 is 6.85. The summed E-state index contributed by atoms with van der Waals surface area (Å²) in [5.41, 5.74) is 3.25. The Labute approximate surface area is 132 Å². The number of anilines is 1. The zero-order valence-corrected chi connectivity index (χ0v) is 13.6. The second kappa shape index (κ2) is 5.78. The van der Waals surface area contributed by atoms with Gasteiger partial charge in [0.1, 0.15) is 11.3 Å². The van der Waals surface area contributed by atoms with E-state index in [1.165, 1.54) is 5.69 Å². The van der Waals surface area contributed by atoms with Gasteiger partial charge in [0.25, 0.3) is 0 Å². The molecule has 0 amide bonds. The SMILES string of the molecule is CN(C)c1ccc(C=Cc2cc3cc(Br)ccc3o2)cc1. The molecule has 0 unspecified atom stereocenters. The molecule has 1 aromatic heterocycles. The maximum atomic E-state index is 5.79. The summed E-state index contributed by atoms with van der Waals surface area (Å²) in [7, 11) is 4.08. The van der Waals surface area contributed by atoms with E-state index in [-0.39, 0.29) is 0 Å². The van der Waals surface area contributed by atoms with Gasteiger partial charge in [-0.25, -0.2) is 0 Å². The third kappa shape index (κ3) is 3.19. The number of nitrogens with zero attached hydrogens (tertiary/aromatic N) is 1. The molecular weight excluding hydrogens is 326 g/mol. The Hall–Kier alpha value is -2.00. The highest BCUT2D eigenvalue weighted by Gasteiger charge is 2.01. The largest absolute Gasteiger partial charge is 0.457 e. The lowest BCUT2D eigenvalue weighted by atomic mass is 10.2. The minimum absolute atomic E-state index is 0.861. The van der Waals surface area contributed by atoms with Crippen LogP contribution in [0.5, 0.6) is 0 Å². The first-order valence-corrected chi connectivity index (χ1v) is 7.56. The average Bonchev–Trinajstić information content (AvgIpc) is 2.87. The van der Waals surface area contributed by atoms with E-state index in [2.05, 4.69) is 57.2 Å². The van der Waals surface area contributed by atoms with Crippen LogP contribution < -0.4 is 4.90 Å². The van der Waals surface area contributed by atoms with Gasteiger partial charge in [0.15, 0.2) is 0 Å². The molecule has 3 rings (SSSR count). The van der Waals surface area contributed by atoms with Gasteiger partial charge >= 0.3 is 0 Å². The fourth-order valence-electron chi connectivity index (χ4n) is 2.18. The Balaban J connectivity index is 1.83. The van der Waals surface area contributed by atoms with E-state index in [1.807, 2.05) is 38.4 Å². The summed E-state index contributed by atoms with van der Waals surface area (Å²) >= 11 is 3.47. The van der Waals surface area contributed by atoms with Crippen LogP contribution in [0.1, 0.15) is 11.3 Å². The van der Waals surface area contributed by atoms with Crippen molar-refractivity contribution >= 4 is 44.7 Å². The average molecular weight is 342 g/mol. The molecule has 0 saturated heterocycles. The molecule has 1 heterocycles. The molecule has 3 aromatic rings. The van der Waals surface area contributed by atoms with Gasteiger partial charge in [0.2, 0.25) is 0 Å². The van der Waals surface area contributed by atoms with Crippen molar-refractivity contribution in [2.24, 2.45) is 0 Å². The van der Waals surface area contributed by atoms with E-state index in [9.17, 15) is 0 Å². The van der Waals surface area contributed by atoms with Crippen molar-refractivity contribution in [3.05, 3.63) is 64.3 Å². The van der Waals surface area contributed by atoms with Crippen molar-refractivity contribution in [1.82, 2.24) is 0 Å². The first-order chi connectivity index (χ1) is 10.1. The predicted molar refractivity (Wildman–Crippen MR) is 93.6 cm³/mol. The fraction of sp³-hybridized carbons (Fsp3) is 0.111. The summed E-state index contributed by atoms with van der Waals surface area (Å²) in [6, 6.07) is 16.5. The zero-order chi connectivity index (χ0) is 14.8. The third-order valence-electron chi connectivity index (χ3n) is 3.35. The molecule has 0 bridgehead atoms. The van der Waals surface area contributed by atoms with Crippen molar-refractivity contribution < 1.29 is 4.42 Å². The number of hydrogen-bond donors (Lipinski definition) is 0. The van der Waals surface area contributed by atoms with E-state index < -0.39 is 0 Å². The van der Waals surface area contributed by atoms with Crippen LogP contribution in [0.3, 0.4) is 0 Å². The Morgan fingerprint density at radius 1 is 0.952 bits per heavy atom. The molecule has 0 saturated carbocycles. The van der Waals surface area contributed by atoms with E-state index in [0.29, 0.717) is 0 Å². The van der Waals surface area contributed by atoms with Gasteiger partial charge in [-0.15, -0.1) is 0 Å². The van der Waals surface area contributed by atoms with Crippen LogP contribution in [0.2, 0.25) is 0 Å². The molecule has 2 nitrogen and oxygen atoms in total. The lowest BCUT2D eigenvalue weighted by Gasteiger charge is -2.11. The van der Waals surface area contributed by atoms with Crippen LogP contribution in [-0.2, 0) is 0 Å². The number of benzene rings is 2. The monoisotopic (exact) mass is 341 g/mol. The highest BCUT2D eigenvalue weighted by Crippen LogP contribution is 2.24. The lowest BCUT2D eigenvalue weighted by molar-refractivity contribution is 0.604. The smallest absolute Gasteiger partial charge is 0.134 e. The highest BCUT2D eigenvalue weighted by atomic mass is 79.9. The molecular formula is C18H16BrNO. The Kier molecular flexibility index (Phi) is 3.84. The quantitative estimate of drug-likeness (QED) is 0.631. The summed E-state index contributed by atoms with van der Waals surface area (Å²) in [4.78, 5) is 2.09. The summed E-state index contributed by atoms with van der Waals surface area (Å²) in [5.74, 6) is 0.861. The van der Waals surface area contributed by atoms with E-state index in [1.54, 1.807) is 0 Å². The lowest BCUT2D eigenvalue weighted by Crippen LogP contribution is -2.07. The molecule has 0 fully saturated rings. The second-order valence-electron chi connectivity index (χ2n) is 5.15. The number of hydrogen-bond acceptors (Lipinski definition) is 2. The number of furan rings is 1. The van der Waals surface area contributed by atoms with Gasteiger partial charge in [0.05, 0.1) is 0 Å². The minimum atomic E-state index is 0.861. The van der Waals surface area contributed by atoms with Crippen LogP contribution in [-0.4, -0.2) is 14.1 Å². The topological polar surface area (TPSA) is 16.4 Å². The first-order valence-electron chi connectivity index (χ1n) is 6.76. The molecule has 0 aliphatic heterocycles. The van der Waals surface area contributed by atoms with Crippen molar-refractivity contribution in [2.45, 2.75) is 0 Å². The van der Waals surface area contributed by atoms with Crippen LogP contribution in [0.15, 0.2) is 57.4 Å². The van der Waals surface area contributed by atoms with Gasteiger partial charge in [-0.3, -0.25) is 0 Å². The number of halogens is 1. The van der Waals surface area contributed by atoms with Crippen LogP contribution in [0, 0.1) is 0 Å². The van der Waals surface area contributed by atoms with Crippen LogP contribution in [0.4, 0.5) is 5.69 Å². The Morgan fingerprint density at radius 2 is 1.71 bits per heavy atom. The van der Waals surface area contributed by atoms with Gasteiger partial charge < -0.3 is 9.32 Å². The maximum Gasteiger partial charge on any atom is 0.134 e. The normalized spacial score (nSPS) is 11.4. The van der Waals surface area contributed by atoms with Crippen molar-refractivity contribution in [3.63, 3.8) is 0 Å². The van der Waals surface area contributed by atoms with Gasteiger partial charge in [0, 0.05) is 29.6 Å². The summed E-state index contributed by atoms with van der Waals surface area (Å²) in [6.45, 7) is 0. The molecule has 0 spiro atoms. The molecule has 0 atom stereocenters. The van der Waals surface area contributed by atoms with E-state index >= 15 is 0 Å². The minimum Gasteiger partial charge on any atom is -0.457 e. The molecule has 0 aliphatic carbocycles. The molecule has 21 heavy (non-hydrogen) atoms. The Bertz CT molecular complexity index is 785. The van der Waals surface area contributed by atoms with Crippen LogP contribution >= 0.6 is 15.9 Å². The maximum absolute atomic E-state index is 5.79. The van der Waals surface area contributed by atoms with E-state index in [4.69, 9.17) is 4.42 Å². The molecule has 2 aromatic carbocycles. The van der Waals surface area contributed by atoms with Gasteiger partial charge in [-0.2, -0.15) is 0 Å². The molecule has 0 radical (unpaired) electrons. The summed E-state index contributed by atoms with van der Waals surface area (Å²) in [6.07, 6.45) is 4.06. The summed E-state index contributed by atoms with van der Waals surface area (Å²) in [5, 5.41) is 1.10. The third-order valence-corrected chi connectivity index (χ3v) is 3.84. The standard InChI is InChI=1S/C18H16BrNO/c1-20(2)16-7-3-13(4-8-16)5-9-17-12-14-11-15(19)6-10-18(14)21-17/h3-12H,1-2H3. The molecule has 106 valence electrons. The zero-order valence-electron chi connectivity index (χ0n) is 12.0. The molecule has 3 heteroatoms. The highest BCUT2D eigenvalue weighted by molar-refractivity contribution is 9.10. The number of rotatable bonds is 3. The van der Waals surface area contributed by atoms with Crippen molar-refractivity contribution in [1.29, 1.82) is 0 Å². The first kappa shape index (κ1) is 14.0. The van der Waals surface area contributed by atoms with Crippen molar-refractivity contribution in [3.8, 4) is 0 Å². The van der Waals surface area contributed by atoms with E-state index in [0.717, 1.165) is 26.8 Å². The number of fused-ring (bicyclic) bond motifs is 1. The Morgan fingerprint density at radius 3 is 2.43 bits per heavy atom. The fourth-order valence-corrected chi connectivity index (χ4v) is 2.56. The van der Waals surface area contributed by atoms with Gasteiger partial charge in [-0.05, 0) is 48.0 Å². The molecule has 0 aliphatic rings. The van der Waals surface area contributed by atoms with Gasteiger partial charge in [-0.1, -0.05) is 34.1 Å². The second-order valence-corrected chi connectivity index (χ2v) is 6.07. The van der Waals surface area contributed by atoms with Crippen molar-refractivity contribution in [2.75, 3.05) is 19.0 Å². The van der Waals surface area contributed by atoms with Crippen LogP contribution in [0.25, 0.3) is 23.1 Å². The predicted octanol–water partition coefficient (Wildman–Crippen LogP) is 5.43. The molecule has 0 N–H and O–H groups in total.